The van der Waals surface area contributed by atoms with E-state index >= 15 is 0 Å². The highest BCUT2D eigenvalue weighted by molar-refractivity contribution is 7.17. The minimum absolute atomic E-state index is 0.226. The lowest BCUT2D eigenvalue weighted by atomic mass is 9.93. The van der Waals surface area contributed by atoms with Crippen molar-refractivity contribution in [3.05, 3.63) is 16.0 Å². The normalized spacial score (nSPS) is 15.2. The summed E-state index contributed by atoms with van der Waals surface area (Å²) >= 11 is 1.25. The molecule has 0 saturated heterocycles. The van der Waals surface area contributed by atoms with Crippen molar-refractivity contribution in [3.8, 4) is 0 Å². The highest BCUT2D eigenvalue weighted by Gasteiger charge is 2.34. The second kappa shape index (κ2) is 8.81. The number of carbonyl (C=O) groups is 3. The molecule has 0 saturated carbocycles. The fourth-order valence-corrected chi connectivity index (χ4v) is 3.84. The average Bonchev–Trinajstić information content (AvgIpc) is 2.90. The minimum atomic E-state index is -0.798. The minimum Gasteiger partial charge on any atom is -0.462 e. The topological polar surface area (TPSA) is 98.2 Å². The van der Waals surface area contributed by atoms with Gasteiger partial charge in [-0.3, -0.25) is 9.59 Å². The molecule has 0 bridgehead atoms. The van der Waals surface area contributed by atoms with Crippen LogP contribution in [0.5, 0.6) is 0 Å². The molecule has 150 valence electrons. The summed E-state index contributed by atoms with van der Waals surface area (Å²) in [5, 5.41) is 5.48. The van der Waals surface area contributed by atoms with Crippen molar-refractivity contribution in [2.24, 2.45) is 0 Å². The Hall–Kier alpha value is -1.97. The Kier molecular flexibility index (Phi) is 6.96. The van der Waals surface area contributed by atoms with E-state index in [4.69, 9.17) is 9.47 Å². The maximum absolute atomic E-state index is 12.5. The predicted octanol–water partition coefficient (Wildman–Crippen LogP) is -0.0247. The summed E-state index contributed by atoms with van der Waals surface area (Å²) in [6, 6.07) is 0. The van der Waals surface area contributed by atoms with Gasteiger partial charge in [-0.2, -0.15) is 0 Å². The van der Waals surface area contributed by atoms with Crippen LogP contribution in [0.1, 0.15) is 41.6 Å². The standard InChI is InChI=1S/C18H27N3O5S/c1-6-25-17(24)13-11-9-18(2,3)26-10-12(11)27-16(13)20-15(23)14(22)19-7-8-21(4)5/h6-10H2,1-5H3,(H,19,22)(H,20,23)/p+1. The van der Waals surface area contributed by atoms with Crippen molar-refractivity contribution in [2.75, 3.05) is 39.1 Å². The van der Waals surface area contributed by atoms with Crippen LogP contribution in [-0.4, -0.2) is 57.2 Å². The second-order valence-corrected chi connectivity index (χ2v) is 8.43. The molecule has 0 spiro atoms. The van der Waals surface area contributed by atoms with E-state index in [1.807, 2.05) is 27.9 Å². The van der Waals surface area contributed by atoms with Crippen molar-refractivity contribution in [1.29, 1.82) is 0 Å². The molecule has 27 heavy (non-hydrogen) atoms. The number of thiophene rings is 1. The number of ether oxygens (including phenoxy) is 2. The van der Waals surface area contributed by atoms with Gasteiger partial charge in [0.15, 0.2) is 0 Å². The maximum Gasteiger partial charge on any atom is 0.341 e. The van der Waals surface area contributed by atoms with Gasteiger partial charge in [-0.25, -0.2) is 4.79 Å². The summed E-state index contributed by atoms with van der Waals surface area (Å²) in [5.41, 5.74) is 0.733. The highest BCUT2D eigenvalue weighted by Crippen LogP contribution is 2.40. The number of amides is 2. The van der Waals surface area contributed by atoms with E-state index in [2.05, 4.69) is 10.6 Å². The molecule has 0 atom stereocenters. The van der Waals surface area contributed by atoms with Gasteiger partial charge in [0.05, 0.1) is 51.6 Å². The number of esters is 1. The Morgan fingerprint density at radius 3 is 2.59 bits per heavy atom. The Labute approximate surface area is 163 Å². The lowest BCUT2D eigenvalue weighted by molar-refractivity contribution is -0.856. The molecule has 1 aromatic rings. The molecule has 8 nitrogen and oxygen atoms in total. The number of hydrogen-bond acceptors (Lipinski definition) is 6. The summed E-state index contributed by atoms with van der Waals surface area (Å²) in [7, 11) is 3.91. The second-order valence-electron chi connectivity index (χ2n) is 7.32. The Morgan fingerprint density at radius 2 is 1.96 bits per heavy atom. The third-order valence-electron chi connectivity index (χ3n) is 4.11. The van der Waals surface area contributed by atoms with Gasteiger partial charge in [0.1, 0.15) is 5.00 Å². The number of carbonyl (C=O) groups excluding carboxylic acids is 3. The van der Waals surface area contributed by atoms with Crippen molar-refractivity contribution in [2.45, 2.75) is 39.4 Å². The fourth-order valence-electron chi connectivity index (χ4n) is 2.73. The summed E-state index contributed by atoms with van der Waals surface area (Å²) in [5.74, 6) is -2.03. The highest BCUT2D eigenvalue weighted by atomic mass is 32.1. The van der Waals surface area contributed by atoms with E-state index < -0.39 is 23.4 Å². The van der Waals surface area contributed by atoms with Crippen LogP contribution < -0.4 is 15.5 Å². The molecular weight excluding hydrogens is 370 g/mol. The van der Waals surface area contributed by atoms with Gasteiger partial charge in [0.2, 0.25) is 0 Å². The van der Waals surface area contributed by atoms with Gasteiger partial charge < -0.3 is 25.0 Å². The fraction of sp³-hybridized carbons (Fsp3) is 0.611. The lowest BCUT2D eigenvalue weighted by Gasteiger charge is -2.30. The molecule has 2 rings (SSSR count). The van der Waals surface area contributed by atoms with E-state index in [0.717, 1.165) is 15.3 Å². The summed E-state index contributed by atoms with van der Waals surface area (Å²) < 4.78 is 11.0. The molecule has 1 aromatic heterocycles. The molecule has 1 aliphatic heterocycles. The molecule has 2 amide bonds. The number of fused-ring (bicyclic) bond motifs is 1. The van der Waals surface area contributed by atoms with E-state index in [-0.39, 0.29) is 6.61 Å². The van der Waals surface area contributed by atoms with E-state index in [0.29, 0.717) is 36.7 Å². The SMILES string of the molecule is CCOC(=O)c1c(NC(=O)C(=O)NCC[NH+](C)C)sc2c1CC(C)(C)OC2. The van der Waals surface area contributed by atoms with Crippen LogP contribution in [-0.2, 0) is 32.1 Å². The lowest BCUT2D eigenvalue weighted by Crippen LogP contribution is -3.06. The Bertz CT molecular complexity index is 727. The van der Waals surface area contributed by atoms with Gasteiger partial charge in [0.25, 0.3) is 0 Å². The van der Waals surface area contributed by atoms with Gasteiger partial charge in [-0.05, 0) is 26.3 Å². The number of quaternary nitrogens is 1. The van der Waals surface area contributed by atoms with E-state index in [1.54, 1.807) is 6.92 Å². The molecule has 3 N–H and O–H groups in total. The van der Waals surface area contributed by atoms with E-state index in [9.17, 15) is 14.4 Å². The first kappa shape index (κ1) is 21.3. The molecule has 9 heteroatoms. The van der Waals surface area contributed by atoms with Crippen molar-refractivity contribution in [3.63, 3.8) is 0 Å². The molecule has 0 aromatic carbocycles. The third-order valence-corrected chi connectivity index (χ3v) is 5.23. The first-order valence-corrected chi connectivity index (χ1v) is 9.80. The van der Waals surface area contributed by atoms with Gasteiger partial charge in [0, 0.05) is 11.3 Å². The average molecular weight is 399 g/mol. The predicted molar refractivity (Wildman–Crippen MR) is 102 cm³/mol. The quantitative estimate of drug-likeness (QED) is 0.462. The van der Waals surface area contributed by atoms with Crippen LogP contribution in [0.25, 0.3) is 0 Å². The number of nitrogens with one attached hydrogen (secondary N) is 3. The van der Waals surface area contributed by atoms with Crippen LogP contribution >= 0.6 is 11.3 Å². The van der Waals surface area contributed by atoms with Crippen LogP contribution in [0, 0.1) is 0 Å². The number of rotatable bonds is 6. The van der Waals surface area contributed by atoms with Crippen molar-refractivity contribution in [1.82, 2.24) is 5.32 Å². The Morgan fingerprint density at radius 1 is 1.26 bits per heavy atom. The number of likely N-dealkylation sites (N-methyl/N-ethyl adjacent to an activating group) is 1. The van der Waals surface area contributed by atoms with Crippen LogP contribution in [0.4, 0.5) is 5.00 Å². The molecule has 0 radical (unpaired) electrons. The Balaban J connectivity index is 2.21. The van der Waals surface area contributed by atoms with Crippen LogP contribution in [0.15, 0.2) is 0 Å². The smallest absolute Gasteiger partial charge is 0.341 e. The largest absolute Gasteiger partial charge is 0.462 e. The zero-order chi connectivity index (χ0) is 20.2. The molecule has 0 unspecified atom stereocenters. The van der Waals surface area contributed by atoms with Crippen molar-refractivity contribution < 1.29 is 28.8 Å². The van der Waals surface area contributed by atoms with E-state index in [1.165, 1.54) is 11.3 Å². The molecule has 1 aliphatic rings. The zero-order valence-corrected chi connectivity index (χ0v) is 17.3. The first-order chi connectivity index (χ1) is 12.6. The van der Waals surface area contributed by atoms with Crippen LogP contribution in [0.3, 0.4) is 0 Å². The number of anilines is 1. The summed E-state index contributed by atoms with van der Waals surface area (Å²) in [4.78, 5) is 38.8. The van der Waals surface area contributed by atoms with Gasteiger partial charge in [-0.1, -0.05) is 0 Å². The first-order valence-electron chi connectivity index (χ1n) is 8.98. The van der Waals surface area contributed by atoms with Crippen molar-refractivity contribution >= 4 is 34.1 Å². The zero-order valence-electron chi connectivity index (χ0n) is 16.5. The summed E-state index contributed by atoms with van der Waals surface area (Å²) in [6.45, 7) is 7.29. The monoisotopic (exact) mass is 398 g/mol. The number of hydrogen-bond donors (Lipinski definition) is 3. The van der Waals surface area contributed by atoms with Crippen LogP contribution in [0.2, 0.25) is 0 Å². The molecule has 0 fully saturated rings. The molecule has 2 heterocycles. The summed E-state index contributed by atoms with van der Waals surface area (Å²) in [6.07, 6.45) is 0.528. The third kappa shape index (κ3) is 5.50. The van der Waals surface area contributed by atoms with Gasteiger partial charge >= 0.3 is 17.8 Å². The molecular formula is C18H28N3O5S+. The maximum atomic E-state index is 12.5. The molecule has 0 aliphatic carbocycles. The van der Waals surface area contributed by atoms with Gasteiger partial charge in [-0.15, -0.1) is 11.3 Å².